The van der Waals surface area contributed by atoms with Gasteiger partial charge < -0.3 is 16.2 Å². The van der Waals surface area contributed by atoms with Gasteiger partial charge >= 0.3 is 5.97 Å². The van der Waals surface area contributed by atoms with E-state index < -0.39 is 5.97 Å². The molecule has 0 aliphatic heterocycles. The molecule has 0 spiro atoms. The Morgan fingerprint density at radius 3 is 2.86 bits per heavy atom. The predicted molar refractivity (Wildman–Crippen MR) is 81.7 cm³/mol. The van der Waals surface area contributed by atoms with Crippen LogP contribution in [-0.2, 0) is 4.79 Å². The molecule has 0 radical (unpaired) electrons. The van der Waals surface area contributed by atoms with Crippen molar-refractivity contribution in [2.45, 2.75) is 10.8 Å². The van der Waals surface area contributed by atoms with E-state index in [1.807, 2.05) is 0 Å². The zero-order valence-corrected chi connectivity index (χ0v) is 12.4. The first-order valence-electron chi connectivity index (χ1n) is 5.89. The lowest BCUT2D eigenvalue weighted by molar-refractivity contribution is -0.115. The van der Waals surface area contributed by atoms with Crippen LogP contribution in [0.25, 0.3) is 0 Å². The smallest absolute Gasteiger partial charge is 0.335 e. The molecule has 0 aliphatic rings. The molecule has 2 aromatic rings. The highest BCUT2D eigenvalue weighted by Gasteiger charge is 2.07. The first-order valence-corrected chi connectivity index (χ1v) is 7.70. The SMILES string of the molecule is Nc1nnc(SCCC(=O)Nc2cccc(C(=O)O)c2)s1. The number of nitrogens with one attached hydrogen (secondary N) is 1. The molecule has 1 aromatic heterocycles. The monoisotopic (exact) mass is 324 g/mol. The highest BCUT2D eigenvalue weighted by atomic mass is 32.2. The summed E-state index contributed by atoms with van der Waals surface area (Å²) in [6.07, 6.45) is 0.279. The number of aromatic nitrogens is 2. The Bertz CT molecular complexity index is 659. The molecule has 110 valence electrons. The second-order valence-corrected chi connectivity index (χ2v) is 6.29. The van der Waals surface area contributed by atoms with Crippen LogP contribution in [-0.4, -0.2) is 32.9 Å². The first-order chi connectivity index (χ1) is 10.0. The molecule has 9 heteroatoms. The maximum absolute atomic E-state index is 11.8. The molecule has 1 heterocycles. The van der Waals surface area contributed by atoms with Gasteiger partial charge in [-0.2, -0.15) is 0 Å². The highest BCUT2D eigenvalue weighted by molar-refractivity contribution is 8.01. The number of nitrogen functional groups attached to an aromatic ring is 1. The second-order valence-electron chi connectivity index (χ2n) is 3.94. The van der Waals surface area contributed by atoms with Gasteiger partial charge in [-0.05, 0) is 18.2 Å². The topological polar surface area (TPSA) is 118 Å². The van der Waals surface area contributed by atoms with Crippen LogP contribution in [0.3, 0.4) is 0 Å². The van der Waals surface area contributed by atoms with Crippen molar-refractivity contribution in [2.24, 2.45) is 0 Å². The first kappa shape index (κ1) is 15.3. The number of rotatable bonds is 6. The Morgan fingerprint density at radius 2 is 2.19 bits per heavy atom. The molecule has 0 fully saturated rings. The molecule has 0 saturated carbocycles. The molecule has 2 rings (SSSR count). The van der Waals surface area contributed by atoms with Crippen LogP contribution in [0.15, 0.2) is 28.6 Å². The Balaban J connectivity index is 1.81. The average Bonchev–Trinajstić information content (AvgIpc) is 2.84. The van der Waals surface area contributed by atoms with Crippen molar-refractivity contribution >= 4 is 45.8 Å². The van der Waals surface area contributed by atoms with E-state index in [1.165, 1.54) is 35.2 Å². The summed E-state index contributed by atoms with van der Waals surface area (Å²) in [5.74, 6) is -0.683. The van der Waals surface area contributed by atoms with Gasteiger partial charge in [-0.1, -0.05) is 29.2 Å². The standard InChI is InChI=1S/C12H12N4O3S2/c13-11-15-16-12(21-11)20-5-4-9(17)14-8-3-1-2-7(6-8)10(18)19/h1-3,6H,4-5H2,(H2,13,15)(H,14,17)(H,18,19). The lowest BCUT2D eigenvalue weighted by Crippen LogP contribution is -2.12. The van der Waals surface area contributed by atoms with Gasteiger partial charge in [0.25, 0.3) is 0 Å². The summed E-state index contributed by atoms with van der Waals surface area (Å²) in [5, 5.41) is 19.4. The van der Waals surface area contributed by atoms with Crippen LogP contribution in [0.1, 0.15) is 16.8 Å². The lowest BCUT2D eigenvalue weighted by atomic mass is 10.2. The van der Waals surface area contributed by atoms with Gasteiger partial charge in [0.2, 0.25) is 11.0 Å². The number of aromatic carboxylic acids is 1. The summed E-state index contributed by atoms with van der Waals surface area (Å²) in [4.78, 5) is 22.6. The van der Waals surface area contributed by atoms with Gasteiger partial charge in [-0.3, -0.25) is 4.79 Å². The predicted octanol–water partition coefficient (Wildman–Crippen LogP) is 1.94. The van der Waals surface area contributed by atoms with Crippen LogP contribution in [0.2, 0.25) is 0 Å². The van der Waals surface area contributed by atoms with E-state index in [-0.39, 0.29) is 17.9 Å². The van der Waals surface area contributed by atoms with Crippen molar-refractivity contribution in [3.8, 4) is 0 Å². The van der Waals surface area contributed by atoms with Crippen LogP contribution in [0, 0.1) is 0 Å². The molecule has 1 amide bonds. The summed E-state index contributed by atoms with van der Waals surface area (Å²) in [7, 11) is 0. The fourth-order valence-corrected chi connectivity index (χ4v) is 3.11. The number of carbonyl (C=O) groups is 2. The number of nitrogens with zero attached hydrogens (tertiary/aromatic N) is 2. The normalized spacial score (nSPS) is 10.3. The quantitative estimate of drug-likeness (QED) is 0.695. The second kappa shape index (κ2) is 7.04. The summed E-state index contributed by atoms with van der Waals surface area (Å²) >= 11 is 2.67. The maximum Gasteiger partial charge on any atom is 0.335 e. The Labute approximate surface area is 128 Å². The fourth-order valence-electron chi connectivity index (χ4n) is 1.46. The number of amides is 1. The van der Waals surface area contributed by atoms with Crippen LogP contribution in [0.5, 0.6) is 0 Å². The summed E-state index contributed by atoms with van der Waals surface area (Å²) in [5.41, 5.74) is 6.05. The minimum atomic E-state index is -1.03. The molecule has 1 aromatic carbocycles. The van der Waals surface area contributed by atoms with Crippen LogP contribution < -0.4 is 11.1 Å². The van der Waals surface area contributed by atoms with Crippen molar-refractivity contribution in [3.05, 3.63) is 29.8 Å². The van der Waals surface area contributed by atoms with Crippen LogP contribution >= 0.6 is 23.1 Å². The van der Waals surface area contributed by atoms with E-state index in [4.69, 9.17) is 10.8 Å². The largest absolute Gasteiger partial charge is 0.478 e. The molecule has 4 N–H and O–H groups in total. The Morgan fingerprint density at radius 1 is 1.38 bits per heavy atom. The number of hydrogen-bond donors (Lipinski definition) is 3. The van der Waals surface area contributed by atoms with Gasteiger partial charge in [-0.25, -0.2) is 4.79 Å². The third-order valence-electron chi connectivity index (χ3n) is 2.37. The van der Waals surface area contributed by atoms with Crippen molar-refractivity contribution in [1.29, 1.82) is 0 Å². The van der Waals surface area contributed by atoms with Gasteiger partial charge in [0.05, 0.1) is 5.56 Å². The molecule has 0 saturated heterocycles. The van der Waals surface area contributed by atoms with Gasteiger partial charge in [0.15, 0.2) is 4.34 Å². The van der Waals surface area contributed by atoms with Crippen LogP contribution in [0.4, 0.5) is 10.8 Å². The molecular weight excluding hydrogens is 312 g/mol. The number of nitrogens with two attached hydrogens (primary N) is 1. The molecule has 0 aliphatic carbocycles. The highest BCUT2D eigenvalue weighted by Crippen LogP contribution is 2.24. The number of anilines is 2. The minimum Gasteiger partial charge on any atom is -0.478 e. The third kappa shape index (κ3) is 4.72. The molecule has 7 nitrogen and oxygen atoms in total. The van der Waals surface area contributed by atoms with E-state index >= 15 is 0 Å². The van der Waals surface area contributed by atoms with E-state index in [2.05, 4.69) is 15.5 Å². The van der Waals surface area contributed by atoms with E-state index in [9.17, 15) is 9.59 Å². The van der Waals surface area contributed by atoms with Crippen molar-refractivity contribution < 1.29 is 14.7 Å². The fraction of sp³-hybridized carbons (Fsp3) is 0.167. The summed E-state index contributed by atoms with van der Waals surface area (Å²) < 4.78 is 0.716. The molecular formula is C12H12N4O3S2. The molecule has 0 unspecified atom stereocenters. The maximum atomic E-state index is 11.8. The average molecular weight is 324 g/mol. The van der Waals surface area contributed by atoms with Gasteiger partial charge in [0.1, 0.15) is 0 Å². The number of thioether (sulfide) groups is 1. The van der Waals surface area contributed by atoms with Gasteiger partial charge in [-0.15, -0.1) is 10.2 Å². The van der Waals surface area contributed by atoms with Crippen molar-refractivity contribution in [2.75, 3.05) is 16.8 Å². The minimum absolute atomic E-state index is 0.131. The zero-order chi connectivity index (χ0) is 15.2. The number of carbonyl (C=O) groups excluding carboxylic acids is 1. The van der Waals surface area contributed by atoms with E-state index in [0.717, 1.165) is 0 Å². The number of benzene rings is 1. The molecule has 0 bridgehead atoms. The van der Waals surface area contributed by atoms with E-state index in [0.29, 0.717) is 20.9 Å². The lowest BCUT2D eigenvalue weighted by Gasteiger charge is -2.05. The Hall–Kier alpha value is -2.13. The van der Waals surface area contributed by atoms with E-state index in [1.54, 1.807) is 12.1 Å². The Kier molecular flexibility index (Phi) is 5.12. The number of hydrogen-bond acceptors (Lipinski definition) is 7. The van der Waals surface area contributed by atoms with Crippen molar-refractivity contribution in [3.63, 3.8) is 0 Å². The molecule has 0 atom stereocenters. The summed E-state index contributed by atoms with van der Waals surface area (Å²) in [6.45, 7) is 0. The number of carboxylic acid groups (broad SMARTS) is 1. The summed E-state index contributed by atoms with van der Waals surface area (Å²) in [6, 6.07) is 6.10. The zero-order valence-electron chi connectivity index (χ0n) is 10.8. The third-order valence-corrected chi connectivity index (χ3v) is 4.26. The van der Waals surface area contributed by atoms with Gasteiger partial charge in [0, 0.05) is 17.9 Å². The van der Waals surface area contributed by atoms with Crippen molar-refractivity contribution in [1.82, 2.24) is 10.2 Å². The number of carboxylic acids is 1. The molecule has 21 heavy (non-hydrogen) atoms.